The van der Waals surface area contributed by atoms with Crippen molar-refractivity contribution in [2.75, 3.05) is 12.3 Å². The summed E-state index contributed by atoms with van der Waals surface area (Å²) >= 11 is 0. The third-order valence-electron chi connectivity index (χ3n) is 2.86. The van der Waals surface area contributed by atoms with Crippen molar-refractivity contribution < 1.29 is 0 Å². The molecule has 18 heavy (non-hydrogen) atoms. The highest BCUT2D eigenvalue weighted by molar-refractivity contribution is 5.35. The Morgan fingerprint density at radius 2 is 1.28 bits per heavy atom. The molecule has 0 aliphatic heterocycles. The van der Waals surface area contributed by atoms with Crippen LogP contribution in [0.4, 0.5) is 5.69 Å². The van der Waals surface area contributed by atoms with Crippen molar-refractivity contribution in [2.24, 2.45) is 5.73 Å². The van der Waals surface area contributed by atoms with Gasteiger partial charge >= 0.3 is 0 Å². The van der Waals surface area contributed by atoms with E-state index in [2.05, 4.69) is 6.92 Å². The molecule has 0 atom stereocenters. The highest BCUT2D eigenvalue weighted by Gasteiger charge is 1.89. The largest absolute Gasteiger partial charge is 0.399 e. The molecule has 104 valence electrons. The molecule has 0 spiro atoms. The zero-order valence-corrected chi connectivity index (χ0v) is 11.9. The molecule has 1 rings (SSSR count). The van der Waals surface area contributed by atoms with Gasteiger partial charge in [0.25, 0.3) is 0 Å². The number of hydrogen-bond donors (Lipinski definition) is 2. The van der Waals surface area contributed by atoms with Crippen LogP contribution >= 0.6 is 0 Å². The molecule has 0 aliphatic carbocycles. The first-order valence-corrected chi connectivity index (χ1v) is 7.31. The minimum atomic E-state index is 0.822. The highest BCUT2D eigenvalue weighted by atomic mass is 14.5. The Morgan fingerprint density at radius 3 is 1.67 bits per heavy atom. The second-order valence-corrected chi connectivity index (χ2v) is 4.67. The van der Waals surface area contributed by atoms with E-state index in [-0.39, 0.29) is 0 Å². The predicted octanol–water partition coefficient (Wildman–Crippen LogP) is 4.35. The fourth-order valence-electron chi connectivity index (χ4n) is 1.73. The number of benzene rings is 1. The van der Waals surface area contributed by atoms with Crippen LogP contribution in [0, 0.1) is 0 Å². The Kier molecular flexibility index (Phi) is 13.2. The lowest BCUT2D eigenvalue weighted by Crippen LogP contribution is -1.97. The number of nitrogens with two attached hydrogens (primary N) is 2. The normalized spacial score (nSPS) is 9.67. The molecule has 1 aromatic rings. The van der Waals surface area contributed by atoms with E-state index in [1.165, 1.54) is 51.4 Å². The summed E-state index contributed by atoms with van der Waals surface area (Å²) in [5, 5.41) is 0. The molecule has 0 heterocycles. The lowest BCUT2D eigenvalue weighted by Gasteiger charge is -1.99. The van der Waals surface area contributed by atoms with Crippen LogP contribution in [-0.4, -0.2) is 6.54 Å². The van der Waals surface area contributed by atoms with Gasteiger partial charge in [-0.1, -0.05) is 70.1 Å². The molecule has 0 saturated heterocycles. The third-order valence-corrected chi connectivity index (χ3v) is 2.86. The summed E-state index contributed by atoms with van der Waals surface area (Å²) in [5.41, 5.74) is 11.6. The lowest BCUT2D eigenvalue weighted by atomic mass is 10.1. The molecule has 0 fully saturated rings. The van der Waals surface area contributed by atoms with Gasteiger partial charge in [-0.05, 0) is 25.1 Å². The second kappa shape index (κ2) is 14.0. The van der Waals surface area contributed by atoms with Crippen LogP contribution in [0.1, 0.15) is 58.3 Å². The van der Waals surface area contributed by atoms with Gasteiger partial charge in [-0.25, -0.2) is 0 Å². The SMILES string of the molecule is CCCCCCCCCCN.Nc1ccccc1. The maximum absolute atomic E-state index is 5.39. The molecule has 1 aromatic carbocycles. The number of nitrogen functional groups attached to an aromatic ring is 1. The fraction of sp³-hybridized carbons (Fsp3) is 0.625. The van der Waals surface area contributed by atoms with E-state index in [0.717, 1.165) is 12.2 Å². The first-order valence-electron chi connectivity index (χ1n) is 7.31. The van der Waals surface area contributed by atoms with Crippen molar-refractivity contribution in [2.45, 2.75) is 58.3 Å². The average molecular weight is 250 g/mol. The highest BCUT2D eigenvalue weighted by Crippen LogP contribution is 2.07. The van der Waals surface area contributed by atoms with Gasteiger partial charge < -0.3 is 11.5 Å². The molecule has 0 aliphatic rings. The molecule has 0 amide bonds. The van der Waals surface area contributed by atoms with Gasteiger partial charge in [0.05, 0.1) is 0 Å². The monoisotopic (exact) mass is 250 g/mol. The Balaban J connectivity index is 0.000000351. The second-order valence-electron chi connectivity index (χ2n) is 4.67. The van der Waals surface area contributed by atoms with Crippen LogP contribution in [0.2, 0.25) is 0 Å². The van der Waals surface area contributed by atoms with Crippen LogP contribution in [0.15, 0.2) is 30.3 Å². The van der Waals surface area contributed by atoms with E-state index in [4.69, 9.17) is 11.5 Å². The third kappa shape index (κ3) is 13.0. The van der Waals surface area contributed by atoms with Gasteiger partial charge in [0.2, 0.25) is 0 Å². The van der Waals surface area contributed by atoms with Crippen molar-refractivity contribution in [3.63, 3.8) is 0 Å². The Bertz CT molecular complexity index is 239. The van der Waals surface area contributed by atoms with Gasteiger partial charge in [-0.3, -0.25) is 0 Å². The van der Waals surface area contributed by atoms with E-state index in [9.17, 15) is 0 Å². The summed E-state index contributed by atoms with van der Waals surface area (Å²) in [6, 6.07) is 9.49. The average Bonchev–Trinajstić information content (AvgIpc) is 2.39. The summed E-state index contributed by atoms with van der Waals surface area (Å²) in [4.78, 5) is 0. The van der Waals surface area contributed by atoms with E-state index < -0.39 is 0 Å². The number of unbranched alkanes of at least 4 members (excludes halogenated alkanes) is 7. The minimum absolute atomic E-state index is 0.822. The van der Waals surface area contributed by atoms with Crippen LogP contribution in [0.25, 0.3) is 0 Å². The summed E-state index contributed by atoms with van der Waals surface area (Å²) in [7, 11) is 0. The van der Waals surface area contributed by atoms with E-state index in [0.29, 0.717) is 0 Å². The maximum atomic E-state index is 5.39. The molecule has 2 nitrogen and oxygen atoms in total. The van der Waals surface area contributed by atoms with Crippen LogP contribution in [0.5, 0.6) is 0 Å². The number of hydrogen-bond acceptors (Lipinski definition) is 2. The van der Waals surface area contributed by atoms with Crippen LogP contribution in [0.3, 0.4) is 0 Å². The summed E-state index contributed by atoms with van der Waals surface area (Å²) in [6.45, 7) is 3.13. The molecule has 4 N–H and O–H groups in total. The van der Waals surface area contributed by atoms with Crippen molar-refractivity contribution in [1.82, 2.24) is 0 Å². The molecule has 0 saturated carbocycles. The van der Waals surface area contributed by atoms with E-state index >= 15 is 0 Å². The van der Waals surface area contributed by atoms with Gasteiger partial charge in [0, 0.05) is 5.69 Å². The minimum Gasteiger partial charge on any atom is -0.399 e. The quantitative estimate of drug-likeness (QED) is 0.532. The first kappa shape index (κ1) is 17.0. The molecular formula is C16H30N2. The Labute approximate surface area is 113 Å². The van der Waals surface area contributed by atoms with E-state index in [1.54, 1.807) is 0 Å². The van der Waals surface area contributed by atoms with Crippen molar-refractivity contribution in [3.8, 4) is 0 Å². The van der Waals surface area contributed by atoms with Crippen molar-refractivity contribution in [1.29, 1.82) is 0 Å². The summed E-state index contributed by atoms with van der Waals surface area (Å²) in [6.07, 6.45) is 11.0. The van der Waals surface area contributed by atoms with Gasteiger partial charge in [-0.2, -0.15) is 0 Å². The first-order chi connectivity index (χ1) is 8.81. The van der Waals surface area contributed by atoms with Crippen molar-refractivity contribution >= 4 is 5.69 Å². The van der Waals surface area contributed by atoms with Crippen LogP contribution in [-0.2, 0) is 0 Å². The van der Waals surface area contributed by atoms with Gasteiger partial charge in [0.15, 0.2) is 0 Å². The lowest BCUT2D eigenvalue weighted by molar-refractivity contribution is 0.578. The zero-order valence-electron chi connectivity index (χ0n) is 11.9. The molecule has 2 heteroatoms. The summed E-state index contributed by atoms with van der Waals surface area (Å²) < 4.78 is 0. The standard InChI is InChI=1S/C10H23N.C6H7N/c1-2-3-4-5-6-7-8-9-10-11;7-6-4-2-1-3-5-6/h2-11H2,1H3;1-5H,7H2. The molecule has 0 unspecified atom stereocenters. The van der Waals surface area contributed by atoms with Gasteiger partial charge in [-0.15, -0.1) is 0 Å². The molecule has 0 aromatic heterocycles. The zero-order chi connectivity index (χ0) is 13.5. The van der Waals surface area contributed by atoms with Crippen LogP contribution < -0.4 is 11.5 Å². The molecule has 0 radical (unpaired) electrons. The Hall–Kier alpha value is -1.02. The maximum Gasteiger partial charge on any atom is 0.0313 e. The topological polar surface area (TPSA) is 52.0 Å². The molecular weight excluding hydrogens is 220 g/mol. The number of rotatable bonds is 8. The predicted molar refractivity (Wildman–Crippen MR) is 82.5 cm³/mol. The summed E-state index contributed by atoms with van der Waals surface area (Å²) in [5.74, 6) is 0. The van der Waals surface area contributed by atoms with Gasteiger partial charge in [0.1, 0.15) is 0 Å². The van der Waals surface area contributed by atoms with E-state index in [1.807, 2.05) is 30.3 Å². The number of para-hydroxylation sites is 1. The molecule has 0 bridgehead atoms. The van der Waals surface area contributed by atoms with Crippen molar-refractivity contribution in [3.05, 3.63) is 30.3 Å². The smallest absolute Gasteiger partial charge is 0.0313 e. The number of anilines is 1. The fourth-order valence-corrected chi connectivity index (χ4v) is 1.73. The Morgan fingerprint density at radius 1 is 0.778 bits per heavy atom.